The first-order valence-corrected chi connectivity index (χ1v) is 6.26. The standard InChI is InChI=1S/C14H19N3O2/c1-14(2,3)12(15)13(19)17-8-11(18)16-9-6-4-5-7-10(9)17/h4-7,12H,8,15H2,1-3H3,(H,16,18)/t12-/m1/s1. The number of rotatable bonds is 1. The van der Waals surface area contributed by atoms with Gasteiger partial charge < -0.3 is 11.1 Å². The van der Waals surface area contributed by atoms with Gasteiger partial charge in [0.25, 0.3) is 0 Å². The molecule has 3 N–H and O–H groups in total. The van der Waals surface area contributed by atoms with Crippen molar-refractivity contribution >= 4 is 23.2 Å². The third-order valence-electron chi connectivity index (χ3n) is 3.24. The number of nitrogens with two attached hydrogens (primary N) is 1. The molecule has 0 bridgehead atoms. The molecule has 0 aromatic heterocycles. The zero-order chi connectivity index (χ0) is 14.2. The van der Waals surface area contributed by atoms with Gasteiger partial charge in [0, 0.05) is 0 Å². The first-order chi connectivity index (χ1) is 8.80. The maximum atomic E-state index is 12.5. The Labute approximate surface area is 112 Å². The Hall–Kier alpha value is -1.88. The van der Waals surface area contributed by atoms with Gasteiger partial charge in [0.05, 0.1) is 17.4 Å². The van der Waals surface area contributed by atoms with Crippen LogP contribution in [-0.2, 0) is 9.59 Å². The quantitative estimate of drug-likeness (QED) is 0.801. The fourth-order valence-electron chi connectivity index (χ4n) is 1.97. The van der Waals surface area contributed by atoms with Crippen molar-refractivity contribution in [2.45, 2.75) is 26.8 Å². The Morgan fingerprint density at radius 1 is 1.37 bits per heavy atom. The number of hydrogen-bond donors (Lipinski definition) is 2. The number of hydrogen-bond acceptors (Lipinski definition) is 3. The molecule has 0 fully saturated rings. The van der Waals surface area contributed by atoms with Gasteiger partial charge in [-0.1, -0.05) is 32.9 Å². The van der Waals surface area contributed by atoms with E-state index in [0.717, 1.165) is 0 Å². The summed E-state index contributed by atoms with van der Waals surface area (Å²) in [7, 11) is 0. The molecule has 0 spiro atoms. The monoisotopic (exact) mass is 261 g/mol. The number of nitrogens with one attached hydrogen (secondary N) is 1. The van der Waals surface area contributed by atoms with Crippen molar-refractivity contribution in [3.63, 3.8) is 0 Å². The minimum absolute atomic E-state index is 0.0135. The van der Waals surface area contributed by atoms with Crippen molar-refractivity contribution in [3.8, 4) is 0 Å². The number of anilines is 2. The number of para-hydroxylation sites is 2. The fraction of sp³-hybridized carbons (Fsp3) is 0.429. The molecule has 0 unspecified atom stereocenters. The van der Waals surface area contributed by atoms with E-state index in [1.54, 1.807) is 6.07 Å². The summed E-state index contributed by atoms with van der Waals surface area (Å²) < 4.78 is 0. The van der Waals surface area contributed by atoms with Crippen LogP contribution in [0.2, 0.25) is 0 Å². The Morgan fingerprint density at radius 2 is 2.00 bits per heavy atom. The molecule has 2 rings (SSSR count). The van der Waals surface area contributed by atoms with Crippen molar-refractivity contribution in [1.29, 1.82) is 0 Å². The first-order valence-electron chi connectivity index (χ1n) is 6.26. The number of carbonyl (C=O) groups is 2. The molecular weight excluding hydrogens is 242 g/mol. The summed E-state index contributed by atoms with van der Waals surface area (Å²) in [6.07, 6.45) is 0. The van der Waals surface area contributed by atoms with E-state index in [9.17, 15) is 9.59 Å². The van der Waals surface area contributed by atoms with Crippen LogP contribution in [-0.4, -0.2) is 24.4 Å². The van der Waals surface area contributed by atoms with E-state index in [4.69, 9.17) is 5.73 Å². The van der Waals surface area contributed by atoms with Crippen LogP contribution in [0.1, 0.15) is 20.8 Å². The second-order valence-corrected chi connectivity index (χ2v) is 5.83. The Morgan fingerprint density at radius 3 is 2.63 bits per heavy atom. The van der Waals surface area contributed by atoms with Crippen LogP contribution in [0, 0.1) is 5.41 Å². The van der Waals surface area contributed by atoms with Crippen LogP contribution < -0.4 is 16.0 Å². The molecular formula is C14H19N3O2. The van der Waals surface area contributed by atoms with Crippen LogP contribution in [0.5, 0.6) is 0 Å². The minimum Gasteiger partial charge on any atom is -0.323 e. The predicted molar refractivity (Wildman–Crippen MR) is 74.9 cm³/mol. The van der Waals surface area contributed by atoms with Crippen molar-refractivity contribution in [3.05, 3.63) is 24.3 Å². The van der Waals surface area contributed by atoms with Crippen molar-refractivity contribution in [1.82, 2.24) is 0 Å². The summed E-state index contributed by atoms with van der Waals surface area (Å²) in [5.74, 6) is -0.428. The normalized spacial score (nSPS) is 16.6. The summed E-state index contributed by atoms with van der Waals surface area (Å²) in [5, 5.41) is 2.75. The van der Waals surface area contributed by atoms with Crippen LogP contribution in [0.25, 0.3) is 0 Å². The summed E-state index contributed by atoms with van der Waals surface area (Å²) in [6, 6.07) is 6.58. The van der Waals surface area contributed by atoms with Crippen molar-refractivity contribution < 1.29 is 9.59 Å². The maximum Gasteiger partial charge on any atom is 0.244 e. The topological polar surface area (TPSA) is 75.4 Å². The maximum absolute atomic E-state index is 12.5. The third-order valence-corrected chi connectivity index (χ3v) is 3.24. The Balaban J connectivity index is 2.36. The van der Waals surface area contributed by atoms with Gasteiger partial charge in [0.15, 0.2) is 0 Å². The van der Waals surface area contributed by atoms with E-state index in [1.165, 1.54) is 4.90 Å². The predicted octanol–water partition coefficient (Wildman–Crippen LogP) is 1.35. The van der Waals surface area contributed by atoms with Gasteiger partial charge in [0.2, 0.25) is 11.8 Å². The Kier molecular flexibility index (Phi) is 3.32. The molecule has 0 saturated carbocycles. The molecule has 0 saturated heterocycles. The summed E-state index contributed by atoms with van der Waals surface area (Å²) in [6.45, 7) is 5.74. The zero-order valence-corrected chi connectivity index (χ0v) is 11.4. The molecule has 0 aliphatic carbocycles. The highest BCUT2D eigenvalue weighted by Crippen LogP contribution is 2.30. The molecule has 1 atom stereocenters. The zero-order valence-electron chi connectivity index (χ0n) is 11.4. The highest BCUT2D eigenvalue weighted by molar-refractivity contribution is 6.11. The number of carbonyl (C=O) groups excluding carboxylic acids is 2. The molecule has 0 radical (unpaired) electrons. The summed E-state index contributed by atoms with van der Waals surface area (Å²) in [4.78, 5) is 25.6. The van der Waals surface area contributed by atoms with E-state index >= 15 is 0 Å². The SMILES string of the molecule is CC(C)(C)[C@H](N)C(=O)N1CC(=O)Nc2ccccc21. The smallest absolute Gasteiger partial charge is 0.244 e. The van der Waals surface area contributed by atoms with Gasteiger partial charge >= 0.3 is 0 Å². The summed E-state index contributed by atoms with van der Waals surface area (Å²) in [5.41, 5.74) is 7.00. The van der Waals surface area contributed by atoms with Crippen LogP contribution in [0.15, 0.2) is 24.3 Å². The van der Waals surface area contributed by atoms with E-state index in [0.29, 0.717) is 11.4 Å². The Bertz CT molecular complexity index is 520. The van der Waals surface area contributed by atoms with E-state index in [-0.39, 0.29) is 23.8 Å². The number of amides is 2. The van der Waals surface area contributed by atoms with Gasteiger partial charge in [0.1, 0.15) is 6.54 Å². The molecule has 1 aromatic rings. The highest BCUT2D eigenvalue weighted by Gasteiger charge is 2.35. The number of nitrogens with zero attached hydrogens (tertiary/aromatic N) is 1. The molecule has 1 heterocycles. The van der Waals surface area contributed by atoms with Gasteiger partial charge in [-0.3, -0.25) is 14.5 Å². The lowest BCUT2D eigenvalue weighted by molar-refractivity contribution is -0.124. The average molecular weight is 261 g/mol. The average Bonchev–Trinajstić information content (AvgIpc) is 2.34. The van der Waals surface area contributed by atoms with E-state index < -0.39 is 6.04 Å². The van der Waals surface area contributed by atoms with Gasteiger partial charge in [-0.2, -0.15) is 0 Å². The van der Waals surface area contributed by atoms with Crippen LogP contribution >= 0.6 is 0 Å². The molecule has 1 aromatic carbocycles. The minimum atomic E-state index is -0.647. The molecule has 102 valence electrons. The third kappa shape index (κ3) is 2.61. The lowest BCUT2D eigenvalue weighted by Gasteiger charge is -2.34. The highest BCUT2D eigenvalue weighted by atomic mass is 16.2. The molecule has 1 aliphatic heterocycles. The largest absolute Gasteiger partial charge is 0.323 e. The molecule has 5 nitrogen and oxygen atoms in total. The van der Waals surface area contributed by atoms with E-state index in [2.05, 4.69) is 5.32 Å². The van der Waals surface area contributed by atoms with Crippen LogP contribution in [0.4, 0.5) is 11.4 Å². The van der Waals surface area contributed by atoms with Crippen molar-refractivity contribution in [2.24, 2.45) is 11.1 Å². The molecule has 19 heavy (non-hydrogen) atoms. The lowest BCUT2D eigenvalue weighted by Crippen LogP contribution is -2.53. The van der Waals surface area contributed by atoms with Crippen LogP contribution in [0.3, 0.4) is 0 Å². The van der Waals surface area contributed by atoms with E-state index in [1.807, 2.05) is 39.0 Å². The first kappa shape index (κ1) is 13.5. The van der Waals surface area contributed by atoms with Gasteiger partial charge in [-0.15, -0.1) is 0 Å². The van der Waals surface area contributed by atoms with Gasteiger partial charge in [-0.05, 0) is 17.5 Å². The number of fused-ring (bicyclic) bond motifs is 1. The second kappa shape index (κ2) is 4.66. The lowest BCUT2D eigenvalue weighted by atomic mass is 9.86. The second-order valence-electron chi connectivity index (χ2n) is 5.83. The molecule has 2 amide bonds. The molecule has 5 heteroatoms. The summed E-state index contributed by atoms with van der Waals surface area (Å²) >= 11 is 0. The fourth-order valence-corrected chi connectivity index (χ4v) is 1.97. The number of benzene rings is 1. The molecule has 1 aliphatic rings. The van der Waals surface area contributed by atoms with Gasteiger partial charge in [-0.25, -0.2) is 0 Å². The van der Waals surface area contributed by atoms with Crippen molar-refractivity contribution in [2.75, 3.05) is 16.8 Å².